The second kappa shape index (κ2) is 6.39. The monoisotopic (exact) mass is 311 g/mol. The predicted molar refractivity (Wildman–Crippen MR) is 82.0 cm³/mol. The molecule has 1 amide bonds. The summed E-state index contributed by atoms with van der Waals surface area (Å²) in [6.45, 7) is 2.37. The topological polar surface area (TPSA) is 68.0 Å². The van der Waals surface area contributed by atoms with Crippen molar-refractivity contribution in [2.45, 2.75) is 13.5 Å². The Kier molecular flexibility index (Phi) is 4.14. The van der Waals surface area contributed by atoms with Gasteiger partial charge >= 0.3 is 0 Å². The molecule has 0 atom stereocenters. The van der Waals surface area contributed by atoms with Crippen molar-refractivity contribution in [3.05, 3.63) is 71.3 Å². The van der Waals surface area contributed by atoms with E-state index in [0.717, 1.165) is 11.1 Å². The molecule has 0 saturated carbocycles. The van der Waals surface area contributed by atoms with Gasteiger partial charge in [-0.15, -0.1) is 0 Å². The van der Waals surface area contributed by atoms with E-state index in [-0.39, 0.29) is 17.5 Å². The highest BCUT2D eigenvalue weighted by atomic mass is 19.1. The van der Waals surface area contributed by atoms with Crippen LogP contribution in [0.15, 0.2) is 53.1 Å². The number of carbonyl (C=O) groups excluding carboxylic acids is 1. The summed E-state index contributed by atoms with van der Waals surface area (Å²) >= 11 is 0. The Labute approximate surface area is 132 Å². The molecular formula is C17H14FN3O2. The standard InChI is InChI=1S/C17H14FN3O2/c1-11-2-4-12(5-3-11)10-19-16(22)15-20-17(23-21-15)13-6-8-14(18)9-7-13/h2-9H,10H2,1H3,(H,19,22). The molecule has 3 rings (SSSR count). The Balaban J connectivity index is 1.66. The third kappa shape index (κ3) is 3.60. The van der Waals surface area contributed by atoms with E-state index in [0.29, 0.717) is 12.1 Å². The largest absolute Gasteiger partial charge is 0.345 e. The van der Waals surface area contributed by atoms with Crippen LogP contribution in [0.1, 0.15) is 21.7 Å². The first-order chi connectivity index (χ1) is 11.1. The fraction of sp³-hybridized carbons (Fsp3) is 0.118. The van der Waals surface area contributed by atoms with Crippen LogP contribution in [-0.2, 0) is 6.54 Å². The van der Waals surface area contributed by atoms with Gasteiger partial charge in [-0.25, -0.2) is 4.39 Å². The normalized spacial score (nSPS) is 10.5. The molecular weight excluding hydrogens is 297 g/mol. The number of aromatic nitrogens is 2. The third-order valence-corrected chi connectivity index (χ3v) is 3.29. The van der Waals surface area contributed by atoms with E-state index in [1.165, 1.54) is 24.3 Å². The Morgan fingerprint density at radius 2 is 1.83 bits per heavy atom. The molecule has 0 aliphatic heterocycles. The average Bonchev–Trinajstić information content (AvgIpc) is 3.05. The zero-order valence-corrected chi connectivity index (χ0v) is 12.4. The van der Waals surface area contributed by atoms with Crippen LogP contribution in [0.2, 0.25) is 0 Å². The first kappa shape index (κ1) is 14.9. The first-order valence-corrected chi connectivity index (χ1v) is 7.05. The van der Waals surface area contributed by atoms with Gasteiger partial charge in [0.2, 0.25) is 0 Å². The molecule has 1 heterocycles. The number of hydrogen-bond donors (Lipinski definition) is 1. The van der Waals surface area contributed by atoms with Crippen molar-refractivity contribution in [1.82, 2.24) is 15.5 Å². The smallest absolute Gasteiger partial charge is 0.292 e. The minimum absolute atomic E-state index is 0.0589. The second-order valence-electron chi connectivity index (χ2n) is 5.10. The zero-order valence-electron chi connectivity index (χ0n) is 12.4. The van der Waals surface area contributed by atoms with Crippen molar-refractivity contribution in [1.29, 1.82) is 0 Å². The van der Waals surface area contributed by atoms with Crippen LogP contribution in [0.4, 0.5) is 4.39 Å². The van der Waals surface area contributed by atoms with Gasteiger partial charge in [0, 0.05) is 12.1 Å². The van der Waals surface area contributed by atoms with Crippen molar-refractivity contribution >= 4 is 5.91 Å². The Morgan fingerprint density at radius 1 is 1.13 bits per heavy atom. The summed E-state index contributed by atoms with van der Waals surface area (Å²) in [6, 6.07) is 13.4. The van der Waals surface area contributed by atoms with Crippen LogP contribution in [-0.4, -0.2) is 16.0 Å². The van der Waals surface area contributed by atoms with Crippen molar-refractivity contribution in [3.63, 3.8) is 0 Å². The van der Waals surface area contributed by atoms with Crippen LogP contribution >= 0.6 is 0 Å². The number of rotatable bonds is 4. The van der Waals surface area contributed by atoms with E-state index in [9.17, 15) is 9.18 Å². The van der Waals surface area contributed by atoms with Gasteiger partial charge < -0.3 is 9.84 Å². The molecule has 23 heavy (non-hydrogen) atoms. The Morgan fingerprint density at radius 3 is 2.52 bits per heavy atom. The van der Waals surface area contributed by atoms with Crippen LogP contribution in [0, 0.1) is 12.7 Å². The summed E-state index contributed by atoms with van der Waals surface area (Å²) in [5.41, 5.74) is 2.69. The maximum atomic E-state index is 12.9. The van der Waals surface area contributed by atoms with E-state index in [4.69, 9.17) is 4.52 Å². The maximum absolute atomic E-state index is 12.9. The minimum atomic E-state index is -0.428. The van der Waals surface area contributed by atoms with Gasteiger partial charge in [0.25, 0.3) is 17.6 Å². The molecule has 3 aromatic rings. The fourth-order valence-corrected chi connectivity index (χ4v) is 1.99. The molecule has 1 aromatic heterocycles. The van der Waals surface area contributed by atoms with Gasteiger partial charge in [0.05, 0.1) is 0 Å². The molecule has 0 spiro atoms. The maximum Gasteiger partial charge on any atom is 0.292 e. The quantitative estimate of drug-likeness (QED) is 0.804. The lowest BCUT2D eigenvalue weighted by Gasteiger charge is -2.02. The number of nitrogens with zero attached hydrogens (tertiary/aromatic N) is 2. The van der Waals surface area contributed by atoms with Gasteiger partial charge in [0.1, 0.15) is 5.82 Å². The summed E-state index contributed by atoms with van der Waals surface area (Å²) in [4.78, 5) is 16.1. The summed E-state index contributed by atoms with van der Waals surface area (Å²) in [6.07, 6.45) is 0. The predicted octanol–water partition coefficient (Wildman–Crippen LogP) is 3.11. The number of aryl methyl sites for hydroxylation is 1. The molecule has 0 bridgehead atoms. The van der Waals surface area contributed by atoms with Crippen LogP contribution in [0.5, 0.6) is 0 Å². The number of carbonyl (C=O) groups is 1. The molecule has 0 aliphatic rings. The fourth-order valence-electron chi connectivity index (χ4n) is 1.99. The van der Waals surface area contributed by atoms with E-state index < -0.39 is 5.91 Å². The second-order valence-corrected chi connectivity index (χ2v) is 5.10. The highest BCUT2D eigenvalue weighted by Gasteiger charge is 2.15. The summed E-state index contributed by atoms with van der Waals surface area (Å²) in [5, 5.41) is 6.37. The summed E-state index contributed by atoms with van der Waals surface area (Å²) in [7, 11) is 0. The van der Waals surface area contributed by atoms with E-state index in [1.807, 2.05) is 31.2 Å². The molecule has 0 saturated heterocycles. The van der Waals surface area contributed by atoms with Gasteiger partial charge in [-0.05, 0) is 36.8 Å². The molecule has 0 unspecified atom stereocenters. The first-order valence-electron chi connectivity index (χ1n) is 7.05. The number of benzene rings is 2. The molecule has 5 nitrogen and oxygen atoms in total. The zero-order chi connectivity index (χ0) is 16.2. The Hall–Kier alpha value is -3.02. The number of hydrogen-bond acceptors (Lipinski definition) is 4. The highest BCUT2D eigenvalue weighted by molar-refractivity contribution is 5.90. The van der Waals surface area contributed by atoms with Crippen LogP contribution in [0.3, 0.4) is 0 Å². The van der Waals surface area contributed by atoms with E-state index in [2.05, 4.69) is 15.5 Å². The number of amides is 1. The van der Waals surface area contributed by atoms with Crippen molar-refractivity contribution in [3.8, 4) is 11.5 Å². The molecule has 1 N–H and O–H groups in total. The molecule has 2 aromatic carbocycles. The highest BCUT2D eigenvalue weighted by Crippen LogP contribution is 2.17. The van der Waals surface area contributed by atoms with Gasteiger partial charge in [-0.3, -0.25) is 4.79 Å². The van der Waals surface area contributed by atoms with Crippen LogP contribution < -0.4 is 5.32 Å². The Bertz CT molecular complexity index is 811. The SMILES string of the molecule is Cc1ccc(CNC(=O)c2noc(-c3ccc(F)cc3)n2)cc1. The van der Waals surface area contributed by atoms with Crippen molar-refractivity contribution in [2.75, 3.05) is 0 Å². The molecule has 0 aliphatic carbocycles. The number of halogens is 1. The number of nitrogens with one attached hydrogen (secondary N) is 1. The average molecular weight is 311 g/mol. The van der Waals surface area contributed by atoms with Gasteiger partial charge in [-0.1, -0.05) is 35.0 Å². The van der Waals surface area contributed by atoms with E-state index in [1.54, 1.807) is 0 Å². The van der Waals surface area contributed by atoms with E-state index >= 15 is 0 Å². The molecule has 0 radical (unpaired) electrons. The van der Waals surface area contributed by atoms with Crippen molar-refractivity contribution < 1.29 is 13.7 Å². The summed E-state index contributed by atoms with van der Waals surface area (Å²) < 4.78 is 17.9. The van der Waals surface area contributed by atoms with Crippen LogP contribution in [0.25, 0.3) is 11.5 Å². The minimum Gasteiger partial charge on any atom is -0.345 e. The summed E-state index contributed by atoms with van der Waals surface area (Å²) in [5.74, 6) is -0.672. The lowest BCUT2D eigenvalue weighted by atomic mass is 10.1. The molecule has 116 valence electrons. The molecule has 0 fully saturated rings. The van der Waals surface area contributed by atoms with Gasteiger partial charge in [0.15, 0.2) is 0 Å². The lowest BCUT2D eigenvalue weighted by molar-refractivity contribution is 0.0937. The van der Waals surface area contributed by atoms with Crippen molar-refractivity contribution in [2.24, 2.45) is 0 Å². The third-order valence-electron chi connectivity index (χ3n) is 3.29. The van der Waals surface area contributed by atoms with Gasteiger partial charge in [-0.2, -0.15) is 4.98 Å². The lowest BCUT2D eigenvalue weighted by Crippen LogP contribution is -2.23. The molecule has 6 heteroatoms.